The largest absolute Gasteiger partial charge is 0.321 e. The Bertz CT molecular complexity index is 647. The van der Waals surface area contributed by atoms with Crippen molar-refractivity contribution >= 4 is 40.4 Å². The average molecular weight is 273 g/mol. The lowest BCUT2D eigenvalue weighted by Gasteiger charge is -1.96. The molecule has 0 fully saturated rings. The molecule has 0 spiro atoms. The molecule has 1 N–H and O–H groups in total. The summed E-state index contributed by atoms with van der Waals surface area (Å²) in [4.78, 5) is 15.3. The molecule has 1 amide bonds. The van der Waals surface area contributed by atoms with Gasteiger partial charge in [0, 0.05) is 15.3 Å². The van der Waals surface area contributed by atoms with E-state index in [4.69, 9.17) is 0 Å². The van der Waals surface area contributed by atoms with Gasteiger partial charge in [-0.3, -0.25) is 4.79 Å². The first-order valence-corrected chi connectivity index (χ1v) is 7.27. The van der Waals surface area contributed by atoms with Crippen LogP contribution in [0.4, 0.5) is 0 Å². The van der Waals surface area contributed by atoms with E-state index in [1.807, 2.05) is 35.7 Å². The van der Waals surface area contributed by atoms with Crippen LogP contribution in [-0.4, -0.2) is 5.91 Å². The number of aryl methyl sites for hydroxylation is 1. The number of nitrogens with one attached hydrogen (secondary N) is 1. The molecule has 0 aliphatic carbocycles. The van der Waals surface area contributed by atoms with E-state index in [2.05, 4.69) is 18.3 Å². The van der Waals surface area contributed by atoms with Crippen molar-refractivity contribution in [2.45, 2.75) is 6.92 Å². The van der Waals surface area contributed by atoms with E-state index in [0.717, 1.165) is 21.0 Å². The van der Waals surface area contributed by atoms with Gasteiger partial charge in [-0.15, -0.1) is 22.7 Å². The summed E-state index contributed by atoms with van der Waals surface area (Å²) in [6.45, 7) is 2.06. The van der Waals surface area contributed by atoms with Gasteiger partial charge in [-0.2, -0.15) is 0 Å². The SMILES string of the molecule is Cc1ccc(C=C2C=C(c3cccs3)NC2=O)s1. The first kappa shape index (κ1) is 11.4. The van der Waals surface area contributed by atoms with Crippen LogP contribution in [0.15, 0.2) is 41.3 Å². The number of hydrogen-bond acceptors (Lipinski definition) is 3. The number of amides is 1. The number of thiophene rings is 2. The molecule has 0 saturated heterocycles. The third-order valence-electron chi connectivity index (χ3n) is 2.66. The van der Waals surface area contributed by atoms with Gasteiger partial charge in [0.25, 0.3) is 5.91 Å². The van der Waals surface area contributed by atoms with Gasteiger partial charge in [0.15, 0.2) is 0 Å². The normalized spacial score (nSPS) is 17.1. The zero-order chi connectivity index (χ0) is 12.5. The molecule has 90 valence electrons. The lowest BCUT2D eigenvalue weighted by Crippen LogP contribution is -2.15. The van der Waals surface area contributed by atoms with Gasteiger partial charge in [-0.25, -0.2) is 0 Å². The predicted octanol–water partition coefficient (Wildman–Crippen LogP) is 3.67. The van der Waals surface area contributed by atoms with Crippen molar-refractivity contribution in [3.05, 3.63) is 55.9 Å². The predicted molar refractivity (Wildman–Crippen MR) is 77.5 cm³/mol. The fraction of sp³-hybridized carbons (Fsp3) is 0.0714. The summed E-state index contributed by atoms with van der Waals surface area (Å²) in [5.74, 6) is -0.0237. The van der Waals surface area contributed by atoms with Crippen LogP contribution >= 0.6 is 22.7 Å². The van der Waals surface area contributed by atoms with Crippen molar-refractivity contribution in [1.29, 1.82) is 0 Å². The van der Waals surface area contributed by atoms with Crippen molar-refractivity contribution in [3.8, 4) is 0 Å². The maximum Gasteiger partial charge on any atom is 0.255 e. The highest BCUT2D eigenvalue weighted by Gasteiger charge is 2.19. The smallest absolute Gasteiger partial charge is 0.255 e. The molecular weight excluding hydrogens is 262 g/mol. The first-order valence-electron chi connectivity index (χ1n) is 5.57. The summed E-state index contributed by atoms with van der Waals surface area (Å²) in [5.41, 5.74) is 1.62. The fourth-order valence-corrected chi connectivity index (χ4v) is 3.34. The van der Waals surface area contributed by atoms with Gasteiger partial charge >= 0.3 is 0 Å². The summed E-state index contributed by atoms with van der Waals surface area (Å²) in [5, 5.41) is 4.91. The average Bonchev–Trinajstić information content (AvgIpc) is 3.02. The molecule has 18 heavy (non-hydrogen) atoms. The molecular formula is C14H11NOS2. The Morgan fingerprint density at radius 2 is 2.17 bits per heavy atom. The molecule has 0 saturated carbocycles. The molecule has 0 aromatic carbocycles. The van der Waals surface area contributed by atoms with Crippen molar-refractivity contribution in [2.24, 2.45) is 0 Å². The topological polar surface area (TPSA) is 29.1 Å². The molecule has 1 aliphatic heterocycles. The second-order valence-electron chi connectivity index (χ2n) is 4.04. The second kappa shape index (κ2) is 4.55. The molecule has 0 unspecified atom stereocenters. The van der Waals surface area contributed by atoms with E-state index < -0.39 is 0 Å². The Morgan fingerprint density at radius 3 is 2.83 bits per heavy atom. The number of carbonyl (C=O) groups excluding carboxylic acids is 1. The maximum atomic E-state index is 11.9. The third kappa shape index (κ3) is 2.17. The summed E-state index contributed by atoms with van der Waals surface area (Å²) >= 11 is 3.32. The van der Waals surface area contributed by atoms with E-state index in [9.17, 15) is 4.79 Å². The van der Waals surface area contributed by atoms with Crippen LogP contribution in [0.25, 0.3) is 11.8 Å². The maximum absolute atomic E-state index is 11.9. The van der Waals surface area contributed by atoms with Gasteiger partial charge in [-0.05, 0) is 42.7 Å². The minimum Gasteiger partial charge on any atom is -0.321 e. The molecule has 0 radical (unpaired) electrons. The van der Waals surface area contributed by atoms with E-state index in [1.165, 1.54) is 4.88 Å². The van der Waals surface area contributed by atoms with E-state index in [-0.39, 0.29) is 5.91 Å². The summed E-state index contributed by atoms with van der Waals surface area (Å²) in [6.07, 6.45) is 3.86. The Balaban J connectivity index is 1.94. The highest BCUT2D eigenvalue weighted by Crippen LogP contribution is 2.26. The molecule has 2 aromatic heterocycles. The van der Waals surface area contributed by atoms with Crippen molar-refractivity contribution in [3.63, 3.8) is 0 Å². The molecule has 0 atom stereocenters. The minimum absolute atomic E-state index is 0.0237. The highest BCUT2D eigenvalue weighted by molar-refractivity contribution is 7.12. The van der Waals surface area contributed by atoms with E-state index in [0.29, 0.717) is 0 Å². The van der Waals surface area contributed by atoms with Gasteiger partial charge in [0.2, 0.25) is 0 Å². The monoisotopic (exact) mass is 273 g/mol. The summed E-state index contributed by atoms with van der Waals surface area (Å²) < 4.78 is 0. The lowest BCUT2D eigenvalue weighted by molar-refractivity contribution is -0.115. The van der Waals surface area contributed by atoms with Crippen molar-refractivity contribution < 1.29 is 4.79 Å². The van der Waals surface area contributed by atoms with Crippen molar-refractivity contribution in [1.82, 2.24) is 5.32 Å². The van der Waals surface area contributed by atoms with Gasteiger partial charge in [0.1, 0.15) is 0 Å². The molecule has 1 aliphatic rings. The van der Waals surface area contributed by atoms with Crippen molar-refractivity contribution in [2.75, 3.05) is 0 Å². The standard InChI is InChI=1S/C14H11NOS2/c1-9-4-5-11(18-9)7-10-8-12(15-14(10)16)13-3-2-6-17-13/h2-8H,1H3,(H,15,16). The van der Waals surface area contributed by atoms with Crippen LogP contribution in [-0.2, 0) is 4.79 Å². The van der Waals surface area contributed by atoms with Gasteiger partial charge in [0.05, 0.1) is 10.6 Å². The molecule has 3 heterocycles. The van der Waals surface area contributed by atoms with Crippen LogP contribution in [0, 0.1) is 6.92 Å². The Labute approximate surface area is 113 Å². The zero-order valence-corrected chi connectivity index (χ0v) is 11.4. The third-order valence-corrected chi connectivity index (χ3v) is 4.51. The molecule has 2 nitrogen and oxygen atoms in total. The van der Waals surface area contributed by atoms with Crippen LogP contribution in [0.3, 0.4) is 0 Å². The van der Waals surface area contributed by atoms with Gasteiger partial charge in [-0.1, -0.05) is 6.07 Å². The summed E-state index contributed by atoms with van der Waals surface area (Å²) in [7, 11) is 0. The Hall–Kier alpha value is -1.65. The minimum atomic E-state index is -0.0237. The zero-order valence-electron chi connectivity index (χ0n) is 9.77. The number of rotatable bonds is 2. The van der Waals surface area contributed by atoms with Gasteiger partial charge < -0.3 is 5.32 Å². The van der Waals surface area contributed by atoms with Crippen LogP contribution < -0.4 is 5.32 Å². The highest BCUT2D eigenvalue weighted by atomic mass is 32.1. The quantitative estimate of drug-likeness (QED) is 0.831. The molecule has 3 rings (SSSR count). The molecule has 2 aromatic rings. The van der Waals surface area contributed by atoms with Crippen LogP contribution in [0.2, 0.25) is 0 Å². The van der Waals surface area contributed by atoms with E-state index >= 15 is 0 Å². The Kier molecular flexibility index (Phi) is 2.89. The number of hydrogen-bond donors (Lipinski definition) is 1. The molecule has 4 heteroatoms. The number of carbonyl (C=O) groups is 1. The first-order chi connectivity index (χ1) is 8.72. The van der Waals surface area contributed by atoms with Crippen LogP contribution in [0.1, 0.15) is 14.6 Å². The fourth-order valence-electron chi connectivity index (χ4n) is 1.81. The summed E-state index contributed by atoms with van der Waals surface area (Å²) in [6, 6.07) is 8.09. The molecule has 0 bridgehead atoms. The lowest BCUT2D eigenvalue weighted by atomic mass is 10.2. The Morgan fingerprint density at radius 1 is 1.28 bits per heavy atom. The van der Waals surface area contributed by atoms with E-state index in [1.54, 1.807) is 22.7 Å². The van der Waals surface area contributed by atoms with Crippen LogP contribution in [0.5, 0.6) is 0 Å². The second-order valence-corrected chi connectivity index (χ2v) is 6.30.